The summed E-state index contributed by atoms with van der Waals surface area (Å²) in [6.45, 7) is 6.93. The van der Waals surface area contributed by atoms with Gasteiger partial charge in [0.05, 0.1) is 0 Å². The maximum atomic E-state index is 2.56. The van der Waals surface area contributed by atoms with E-state index in [1.165, 1.54) is 34.6 Å². The van der Waals surface area contributed by atoms with Crippen LogP contribution in [-0.2, 0) is 0 Å². The Morgan fingerprint density at radius 1 is 0.850 bits per heavy atom. The molecule has 0 spiro atoms. The zero-order valence-electron chi connectivity index (χ0n) is 12.6. The van der Waals surface area contributed by atoms with Gasteiger partial charge in [-0.05, 0) is 30.9 Å². The average Bonchev–Trinajstić information content (AvgIpc) is 2.79. The summed E-state index contributed by atoms with van der Waals surface area (Å²) < 4.78 is 2.56. The Morgan fingerprint density at radius 3 is 1.80 bits per heavy atom. The molecule has 1 aromatic heterocycles. The second kappa shape index (κ2) is 5.32. The van der Waals surface area contributed by atoms with Gasteiger partial charge in [0.15, 0.2) is 0 Å². The van der Waals surface area contributed by atoms with Crippen molar-refractivity contribution in [2.75, 3.05) is 0 Å². The number of hydrogen-bond acceptors (Lipinski definition) is 0. The number of benzene rings is 2. The number of fused-ring (bicyclic) bond motifs is 3. The van der Waals surface area contributed by atoms with E-state index in [9.17, 15) is 0 Å². The first-order valence-corrected chi connectivity index (χ1v) is 7.70. The topological polar surface area (TPSA) is 4.93 Å². The Bertz CT molecular complexity index is 668. The van der Waals surface area contributed by atoms with Gasteiger partial charge in [0.2, 0.25) is 0 Å². The number of hydrogen-bond donors (Lipinski definition) is 0. The van der Waals surface area contributed by atoms with Crippen LogP contribution in [0.2, 0.25) is 0 Å². The first kappa shape index (κ1) is 13.2. The molecule has 104 valence electrons. The van der Waals surface area contributed by atoms with E-state index in [0.717, 1.165) is 5.92 Å². The number of nitrogens with zero attached hydrogens (tertiary/aromatic N) is 1. The highest BCUT2D eigenvalue weighted by Gasteiger charge is 2.17. The van der Waals surface area contributed by atoms with Crippen LogP contribution in [0.3, 0.4) is 0 Å². The summed E-state index contributed by atoms with van der Waals surface area (Å²) >= 11 is 0. The maximum Gasteiger partial charge on any atom is 0.0493 e. The lowest BCUT2D eigenvalue weighted by molar-refractivity contribution is 0.406. The van der Waals surface area contributed by atoms with Gasteiger partial charge < -0.3 is 4.57 Å². The summed E-state index contributed by atoms with van der Waals surface area (Å²) in [5.41, 5.74) is 2.75. The molecule has 0 aliphatic carbocycles. The first-order valence-electron chi connectivity index (χ1n) is 7.70. The molecule has 1 unspecified atom stereocenters. The molecule has 0 saturated heterocycles. The molecule has 0 aliphatic heterocycles. The van der Waals surface area contributed by atoms with E-state index in [1.54, 1.807) is 0 Å². The molecule has 0 radical (unpaired) electrons. The van der Waals surface area contributed by atoms with Crippen LogP contribution < -0.4 is 0 Å². The summed E-state index contributed by atoms with van der Waals surface area (Å²) in [5.74, 6) is 0.722. The summed E-state index contributed by atoms with van der Waals surface area (Å²) in [6, 6.07) is 18.2. The van der Waals surface area contributed by atoms with Gasteiger partial charge in [-0.3, -0.25) is 0 Å². The minimum Gasteiger partial charge on any atom is -0.337 e. The molecule has 0 amide bonds. The van der Waals surface area contributed by atoms with Gasteiger partial charge >= 0.3 is 0 Å². The molecule has 0 fully saturated rings. The van der Waals surface area contributed by atoms with E-state index in [1.807, 2.05) is 0 Å². The van der Waals surface area contributed by atoms with Crippen LogP contribution in [-0.4, -0.2) is 4.57 Å². The molecule has 0 saturated carbocycles. The van der Waals surface area contributed by atoms with Crippen molar-refractivity contribution in [3.63, 3.8) is 0 Å². The van der Waals surface area contributed by atoms with Crippen LogP contribution in [0, 0.1) is 5.92 Å². The van der Waals surface area contributed by atoms with E-state index < -0.39 is 0 Å². The van der Waals surface area contributed by atoms with Crippen molar-refractivity contribution in [3.8, 4) is 0 Å². The van der Waals surface area contributed by atoms with Crippen LogP contribution >= 0.6 is 0 Å². The van der Waals surface area contributed by atoms with Crippen LogP contribution in [0.25, 0.3) is 21.8 Å². The molecule has 3 aromatic rings. The van der Waals surface area contributed by atoms with E-state index in [2.05, 4.69) is 73.9 Å². The third kappa shape index (κ3) is 2.11. The average molecular weight is 265 g/mol. The molecule has 3 rings (SSSR count). The zero-order valence-corrected chi connectivity index (χ0v) is 12.6. The fourth-order valence-corrected chi connectivity index (χ4v) is 3.34. The fourth-order valence-electron chi connectivity index (χ4n) is 3.34. The first-order chi connectivity index (χ1) is 9.72. The van der Waals surface area contributed by atoms with Crippen molar-refractivity contribution in [2.45, 2.75) is 39.7 Å². The molecule has 2 aromatic carbocycles. The minimum atomic E-state index is 0.583. The van der Waals surface area contributed by atoms with Crippen LogP contribution in [0.1, 0.15) is 39.7 Å². The van der Waals surface area contributed by atoms with Crippen LogP contribution in [0.15, 0.2) is 48.5 Å². The second-order valence-corrected chi connectivity index (χ2v) is 6.10. The molecular weight excluding hydrogens is 242 g/mol. The molecule has 1 nitrogen and oxygen atoms in total. The number of aromatic nitrogens is 1. The Balaban J connectivity index is 2.30. The molecular formula is C19H23N. The van der Waals surface area contributed by atoms with Gasteiger partial charge in [-0.15, -0.1) is 0 Å². The van der Waals surface area contributed by atoms with Crippen molar-refractivity contribution >= 4 is 21.8 Å². The molecule has 0 bridgehead atoms. The summed E-state index contributed by atoms with van der Waals surface area (Å²) in [4.78, 5) is 0. The van der Waals surface area contributed by atoms with Crippen molar-refractivity contribution in [1.29, 1.82) is 0 Å². The third-order valence-corrected chi connectivity index (χ3v) is 4.20. The number of para-hydroxylation sites is 2. The van der Waals surface area contributed by atoms with E-state index in [-0.39, 0.29) is 0 Å². The van der Waals surface area contributed by atoms with Gasteiger partial charge in [-0.2, -0.15) is 0 Å². The quantitative estimate of drug-likeness (QED) is 0.562. The molecule has 20 heavy (non-hydrogen) atoms. The predicted molar refractivity (Wildman–Crippen MR) is 88.2 cm³/mol. The smallest absolute Gasteiger partial charge is 0.0493 e. The van der Waals surface area contributed by atoms with Gasteiger partial charge in [-0.25, -0.2) is 0 Å². The molecule has 0 aliphatic rings. The summed E-state index contributed by atoms with van der Waals surface area (Å²) in [7, 11) is 0. The normalized spacial score (nSPS) is 13.4. The highest BCUT2D eigenvalue weighted by Crippen LogP contribution is 2.34. The SMILES string of the molecule is CCC(CC(C)C)n1c2ccccc2c2ccccc21. The lowest BCUT2D eigenvalue weighted by Gasteiger charge is -2.21. The lowest BCUT2D eigenvalue weighted by atomic mass is 10.0. The molecule has 1 heteroatoms. The molecule has 1 heterocycles. The lowest BCUT2D eigenvalue weighted by Crippen LogP contribution is -2.10. The van der Waals surface area contributed by atoms with Gasteiger partial charge in [0, 0.05) is 27.8 Å². The molecule has 1 atom stereocenters. The third-order valence-electron chi connectivity index (χ3n) is 4.20. The minimum absolute atomic E-state index is 0.583. The second-order valence-electron chi connectivity index (χ2n) is 6.10. The number of rotatable bonds is 4. The van der Waals surface area contributed by atoms with Gasteiger partial charge in [0.1, 0.15) is 0 Å². The van der Waals surface area contributed by atoms with Crippen LogP contribution in [0.5, 0.6) is 0 Å². The Kier molecular flexibility index (Phi) is 3.52. The Hall–Kier alpha value is -1.76. The van der Waals surface area contributed by atoms with Crippen molar-refractivity contribution < 1.29 is 0 Å². The van der Waals surface area contributed by atoms with Crippen molar-refractivity contribution in [1.82, 2.24) is 4.57 Å². The van der Waals surface area contributed by atoms with Gasteiger partial charge in [0.25, 0.3) is 0 Å². The highest BCUT2D eigenvalue weighted by molar-refractivity contribution is 6.08. The van der Waals surface area contributed by atoms with Gasteiger partial charge in [-0.1, -0.05) is 57.2 Å². The van der Waals surface area contributed by atoms with Crippen molar-refractivity contribution in [2.24, 2.45) is 5.92 Å². The zero-order chi connectivity index (χ0) is 14.1. The summed E-state index contributed by atoms with van der Waals surface area (Å²) in [5, 5.41) is 2.76. The fraction of sp³-hybridized carbons (Fsp3) is 0.368. The predicted octanol–water partition coefficient (Wildman–Crippen LogP) is 5.79. The van der Waals surface area contributed by atoms with Crippen LogP contribution in [0.4, 0.5) is 0 Å². The Morgan fingerprint density at radius 2 is 1.35 bits per heavy atom. The highest BCUT2D eigenvalue weighted by atomic mass is 15.0. The largest absolute Gasteiger partial charge is 0.337 e. The van der Waals surface area contributed by atoms with E-state index in [4.69, 9.17) is 0 Å². The van der Waals surface area contributed by atoms with Crippen molar-refractivity contribution in [3.05, 3.63) is 48.5 Å². The standard InChI is InChI=1S/C19H23N/c1-4-15(13-14(2)3)20-18-11-7-5-9-16(18)17-10-6-8-12-19(17)20/h5-12,14-15H,4,13H2,1-3H3. The molecule has 0 N–H and O–H groups in total. The maximum absolute atomic E-state index is 2.56. The van der Waals surface area contributed by atoms with E-state index >= 15 is 0 Å². The monoisotopic (exact) mass is 265 g/mol. The summed E-state index contributed by atoms with van der Waals surface area (Å²) in [6.07, 6.45) is 2.42. The van der Waals surface area contributed by atoms with E-state index in [0.29, 0.717) is 6.04 Å². The Labute approximate surface area is 121 Å².